The van der Waals surface area contributed by atoms with E-state index in [2.05, 4.69) is 0 Å². The van der Waals surface area contributed by atoms with Gasteiger partial charge in [-0.1, -0.05) is 0 Å². The molecule has 0 N–H and O–H groups in total. The zero-order valence-corrected chi connectivity index (χ0v) is 12.5. The minimum Gasteiger partial charge on any atom is -0.482 e. The van der Waals surface area contributed by atoms with Gasteiger partial charge in [0.2, 0.25) is 0 Å². The van der Waals surface area contributed by atoms with Crippen molar-refractivity contribution in [2.45, 2.75) is 32.6 Å². The smallest absolute Gasteiger partial charge is 0.344 e. The minimum atomic E-state index is -0.422. The molecule has 0 spiro atoms. The van der Waals surface area contributed by atoms with E-state index < -0.39 is 5.97 Å². The van der Waals surface area contributed by atoms with Crippen molar-refractivity contribution in [2.75, 3.05) is 13.2 Å². The van der Waals surface area contributed by atoms with Crippen LogP contribution in [-0.2, 0) is 22.4 Å². The molecule has 0 aliphatic heterocycles. The molecule has 2 aromatic rings. The molecule has 0 bridgehead atoms. The molecule has 1 aliphatic carbocycles. The van der Waals surface area contributed by atoms with Gasteiger partial charge in [-0.2, -0.15) is 0 Å². The Kier molecular flexibility index (Phi) is 4.13. The Hall–Kier alpha value is -2.30. The quantitative estimate of drug-likeness (QED) is 0.812. The van der Waals surface area contributed by atoms with E-state index >= 15 is 0 Å². The second-order valence-corrected chi connectivity index (χ2v) is 5.29. The highest BCUT2D eigenvalue weighted by molar-refractivity contribution is 5.79. The lowest BCUT2D eigenvalue weighted by Gasteiger charge is -2.14. The number of aryl methyl sites for hydroxylation is 1. The van der Waals surface area contributed by atoms with Crippen LogP contribution >= 0.6 is 0 Å². The highest BCUT2D eigenvalue weighted by Crippen LogP contribution is 2.25. The first-order valence-electron chi connectivity index (χ1n) is 7.56. The average molecular weight is 302 g/mol. The summed E-state index contributed by atoms with van der Waals surface area (Å²) >= 11 is 0. The molecule has 0 saturated carbocycles. The van der Waals surface area contributed by atoms with Crippen LogP contribution in [0.25, 0.3) is 11.0 Å². The van der Waals surface area contributed by atoms with E-state index in [1.807, 2.05) is 0 Å². The number of carbonyl (C=O) groups excluding carboxylic acids is 1. The number of ether oxygens (including phenoxy) is 2. The molecule has 1 heterocycles. The number of fused-ring (bicyclic) bond motifs is 2. The summed E-state index contributed by atoms with van der Waals surface area (Å²) in [6.45, 7) is 1.90. The van der Waals surface area contributed by atoms with Gasteiger partial charge in [-0.3, -0.25) is 4.79 Å². The maximum absolute atomic E-state index is 12.5. The van der Waals surface area contributed by atoms with Crippen LogP contribution in [0.4, 0.5) is 0 Å². The number of esters is 1. The van der Waals surface area contributed by atoms with Crippen LogP contribution in [0.3, 0.4) is 0 Å². The lowest BCUT2D eigenvalue weighted by atomic mass is 9.96. The van der Waals surface area contributed by atoms with Crippen molar-refractivity contribution >= 4 is 16.9 Å². The highest BCUT2D eigenvalue weighted by Gasteiger charge is 2.18. The van der Waals surface area contributed by atoms with Crippen molar-refractivity contribution in [2.24, 2.45) is 0 Å². The summed E-state index contributed by atoms with van der Waals surface area (Å²) < 4.78 is 16.0. The average Bonchev–Trinajstić information content (AvgIpc) is 2.53. The maximum Gasteiger partial charge on any atom is 0.344 e. The van der Waals surface area contributed by atoms with Crippen molar-refractivity contribution in [3.63, 3.8) is 0 Å². The van der Waals surface area contributed by atoms with Crippen molar-refractivity contribution in [1.29, 1.82) is 0 Å². The maximum atomic E-state index is 12.5. The number of hydrogen-bond donors (Lipinski definition) is 0. The van der Waals surface area contributed by atoms with Gasteiger partial charge >= 0.3 is 5.97 Å². The van der Waals surface area contributed by atoms with E-state index in [4.69, 9.17) is 13.9 Å². The van der Waals surface area contributed by atoms with Gasteiger partial charge in [0.1, 0.15) is 17.1 Å². The molecule has 22 heavy (non-hydrogen) atoms. The minimum absolute atomic E-state index is 0.0490. The van der Waals surface area contributed by atoms with E-state index in [-0.39, 0.29) is 12.0 Å². The van der Waals surface area contributed by atoms with Gasteiger partial charge in [-0.05, 0) is 38.3 Å². The predicted molar refractivity (Wildman–Crippen MR) is 81.3 cm³/mol. The molecule has 1 aromatic carbocycles. The summed E-state index contributed by atoms with van der Waals surface area (Å²) in [5.74, 6) is 0.847. The Bertz CT molecular complexity index is 759. The largest absolute Gasteiger partial charge is 0.482 e. The molecule has 116 valence electrons. The van der Waals surface area contributed by atoms with Crippen LogP contribution in [0.5, 0.6) is 5.75 Å². The van der Waals surface area contributed by atoms with Crippen molar-refractivity contribution in [1.82, 2.24) is 0 Å². The fraction of sp³-hybridized carbons (Fsp3) is 0.412. The molecule has 1 aromatic heterocycles. The SMILES string of the molecule is CCOC(=O)COc1ccc2c(=O)c3c(oc2c1)CCCC3. The van der Waals surface area contributed by atoms with Crippen molar-refractivity contribution < 1.29 is 18.7 Å². The molecule has 1 aliphatic rings. The standard InChI is InChI=1S/C17H18O5/c1-2-20-16(18)10-21-11-7-8-13-15(9-11)22-14-6-4-3-5-12(14)17(13)19/h7-9H,2-6,10H2,1H3. The Balaban J connectivity index is 1.90. The summed E-state index contributed by atoms with van der Waals surface area (Å²) in [6, 6.07) is 5.02. The van der Waals surface area contributed by atoms with Crippen LogP contribution in [0.2, 0.25) is 0 Å². The first-order valence-corrected chi connectivity index (χ1v) is 7.56. The first kappa shape index (κ1) is 14.6. The van der Waals surface area contributed by atoms with E-state index in [9.17, 15) is 9.59 Å². The monoisotopic (exact) mass is 302 g/mol. The lowest BCUT2D eigenvalue weighted by Crippen LogP contribution is -2.17. The summed E-state index contributed by atoms with van der Waals surface area (Å²) in [6.07, 6.45) is 3.66. The number of hydrogen-bond acceptors (Lipinski definition) is 5. The number of carbonyl (C=O) groups is 1. The number of benzene rings is 1. The first-order chi connectivity index (χ1) is 10.7. The zero-order valence-electron chi connectivity index (χ0n) is 12.5. The third kappa shape index (κ3) is 2.84. The van der Waals surface area contributed by atoms with Gasteiger partial charge in [0.15, 0.2) is 12.0 Å². The van der Waals surface area contributed by atoms with Crippen molar-refractivity contribution in [3.8, 4) is 5.75 Å². The van der Waals surface area contributed by atoms with Gasteiger partial charge < -0.3 is 13.9 Å². The summed E-state index contributed by atoms with van der Waals surface area (Å²) in [5, 5.41) is 0.559. The lowest BCUT2D eigenvalue weighted by molar-refractivity contribution is -0.145. The fourth-order valence-corrected chi connectivity index (χ4v) is 2.74. The molecule has 0 saturated heterocycles. The highest BCUT2D eigenvalue weighted by atomic mass is 16.6. The zero-order chi connectivity index (χ0) is 15.5. The second-order valence-electron chi connectivity index (χ2n) is 5.29. The molecule has 5 nitrogen and oxygen atoms in total. The predicted octanol–water partition coefficient (Wildman–Crippen LogP) is 2.61. The van der Waals surface area contributed by atoms with Crippen LogP contribution in [0.1, 0.15) is 31.1 Å². The molecule has 3 rings (SSSR count). The molecule has 0 radical (unpaired) electrons. The summed E-state index contributed by atoms with van der Waals surface area (Å²) in [7, 11) is 0. The van der Waals surface area contributed by atoms with E-state index in [1.165, 1.54) is 0 Å². The van der Waals surface area contributed by atoms with Gasteiger partial charge in [0.05, 0.1) is 12.0 Å². The van der Waals surface area contributed by atoms with Crippen LogP contribution in [-0.4, -0.2) is 19.2 Å². The van der Waals surface area contributed by atoms with Gasteiger partial charge in [-0.25, -0.2) is 4.79 Å². The summed E-state index contributed by atoms with van der Waals surface area (Å²) in [5.41, 5.74) is 1.36. The third-order valence-corrected chi connectivity index (χ3v) is 3.78. The van der Waals surface area contributed by atoms with Gasteiger partial charge in [0, 0.05) is 18.1 Å². The van der Waals surface area contributed by atoms with Gasteiger partial charge in [0.25, 0.3) is 0 Å². The van der Waals surface area contributed by atoms with E-state index in [0.29, 0.717) is 23.3 Å². The van der Waals surface area contributed by atoms with Crippen LogP contribution < -0.4 is 10.2 Å². The third-order valence-electron chi connectivity index (χ3n) is 3.78. The summed E-state index contributed by atoms with van der Waals surface area (Å²) in [4.78, 5) is 23.8. The van der Waals surface area contributed by atoms with Crippen molar-refractivity contribution in [3.05, 3.63) is 39.7 Å². The number of rotatable bonds is 4. The van der Waals surface area contributed by atoms with E-state index in [0.717, 1.165) is 37.0 Å². The Morgan fingerprint density at radius 1 is 1.27 bits per heavy atom. The molecule has 0 unspecified atom stereocenters. The van der Waals surface area contributed by atoms with Crippen LogP contribution in [0.15, 0.2) is 27.4 Å². The normalized spacial score (nSPS) is 13.7. The molecular weight excluding hydrogens is 284 g/mol. The van der Waals surface area contributed by atoms with Crippen LogP contribution in [0, 0.1) is 0 Å². The molecule has 0 fully saturated rings. The molecular formula is C17H18O5. The molecule has 5 heteroatoms. The topological polar surface area (TPSA) is 65.7 Å². The Morgan fingerprint density at radius 3 is 2.91 bits per heavy atom. The van der Waals surface area contributed by atoms with Gasteiger partial charge in [-0.15, -0.1) is 0 Å². The molecule has 0 amide bonds. The molecule has 0 atom stereocenters. The second kappa shape index (κ2) is 6.22. The Labute approximate surface area is 127 Å². The Morgan fingerprint density at radius 2 is 2.09 bits per heavy atom. The van der Waals surface area contributed by atoms with E-state index in [1.54, 1.807) is 25.1 Å². The fourth-order valence-electron chi connectivity index (χ4n) is 2.74.